The highest BCUT2D eigenvalue weighted by Gasteiger charge is 2.14. The summed E-state index contributed by atoms with van der Waals surface area (Å²) in [5.41, 5.74) is 4.63. The molecule has 1 atom stereocenters. The maximum atomic E-state index is 12.2. The average Bonchev–Trinajstić information content (AvgIpc) is 2.76. The third-order valence-electron chi connectivity index (χ3n) is 4.23. The molecule has 0 aromatic heterocycles. The van der Waals surface area contributed by atoms with Crippen LogP contribution in [0.1, 0.15) is 28.4 Å². The van der Waals surface area contributed by atoms with E-state index in [-0.39, 0.29) is 0 Å². The number of esters is 1. The van der Waals surface area contributed by atoms with Crippen LogP contribution >= 0.6 is 11.6 Å². The second kappa shape index (κ2) is 10.4. The van der Waals surface area contributed by atoms with E-state index in [1.807, 2.05) is 13.0 Å². The van der Waals surface area contributed by atoms with Crippen LogP contribution < -0.4 is 14.9 Å². The van der Waals surface area contributed by atoms with Crippen LogP contribution in [0.5, 0.6) is 11.5 Å². The number of carbonyl (C=O) groups excluding carboxylic acids is 2. The molecule has 0 bridgehead atoms. The number of hydrogen-bond donors (Lipinski definition) is 1. The Kier molecular flexibility index (Phi) is 7.40. The van der Waals surface area contributed by atoms with E-state index in [1.165, 1.54) is 6.21 Å². The first-order valence-electron chi connectivity index (χ1n) is 9.55. The van der Waals surface area contributed by atoms with E-state index in [9.17, 15) is 9.59 Å². The molecule has 158 valence electrons. The number of halogens is 1. The van der Waals surface area contributed by atoms with E-state index in [2.05, 4.69) is 10.5 Å². The summed E-state index contributed by atoms with van der Waals surface area (Å²) in [5.74, 6) is 0.131. The highest BCUT2D eigenvalue weighted by Crippen LogP contribution is 2.17. The molecule has 0 fully saturated rings. The fourth-order valence-corrected chi connectivity index (χ4v) is 2.72. The molecule has 0 heterocycles. The van der Waals surface area contributed by atoms with Crippen molar-refractivity contribution in [3.63, 3.8) is 0 Å². The number of hydrogen-bond acceptors (Lipinski definition) is 5. The van der Waals surface area contributed by atoms with E-state index in [0.717, 1.165) is 11.1 Å². The summed E-state index contributed by atoms with van der Waals surface area (Å²) in [6.07, 6.45) is 0.751. The minimum Gasteiger partial charge on any atom is -0.481 e. The van der Waals surface area contributed by atoms with Crippen molar-refractivity contribution in [2.75, 3.05) is 0 Å². The van der Waals surface area contributed by atoms with Crippen molar-refractivity contribution < 1.29 is 19.1 Å². The van der Waals surface area contributed by atoms with Crippen LogP contribution in [0.25, 0.3) is 0 Å². The number of amides is 1. The summed E-state index contributed by atoms with van der Waals surface area (Å²) in [4.78, 5) is 24.3. The molecular weight excluding hydrogens is 416 g/mol. The Labute approximate surface area is 185 Å². The average molecular weight is 437 g/mol. The Hall–Kier alpha value is -3.64. The molecule has 0 radical (unpaired) electrons. The molecular formula is C24H21ClN2O4. The molecule has 0 aliphatic carbocycles. The predicted molar refractivity (Wildman–Crippen MR) is 120 cm³/mol. The zero-order valence-electron chi connectivity index (χ0n) is 17.0. The van der Waals surface area contributed by atoms with Crippen molar-refractivity contribution in [1.29, 1.82) is 0 Å². The molecule has 3 rings (SSSR count). The quantitative estimate of drug-likeness (QED) is 0.250. The zero-order chi connectivity index (χ0) is 22.2. The molecule has 0 saturated carbocycles. The smallest absolute Gasteiger partial charge is 0.343 e. The van der Waals surface area contributed by atoms with Crippen LogP contribution in [0.3, 0.4) is 0 Å². The molecule has 3 aromatic carbocycles. The topological polar surface area (TPSA) is 77.0 Å². The summed E-state index contributed by atoms with van der Waals surface area (Å²) >= 11 is 5.83. The SMILES string of the molecule is Cc1cccc(C(=O)Oc2ccc(/C=N/NC(=O)C(C)Oc3ccc(Cl)cc3)cc2)c1. The Morgan fingerprint density at radius 2 is 1.68 bits per heavy atom. The monoisotopic (exact) mass is 436 g/mol. The second-order valence-electron chi connectivity index (χ2n) is 6.78. The van der Waals surface area contributed by atoms with Crippen molar-refractivity contribution in [2.45, 2.75) is 20.0 Å². The number of carbonyl (C=O) groups is 2. The molecule has 7 heteroatoms. The summed E-state index contributed by atoms with van der Waals surface area (Å²) in [5, 5.41) is 4.52. The van der Waals surface area contributed by atoms with Gasteiger partial charge in [-0.1, -0.05) is 29.3 Å². The number of nitrogens with zero attached hydrogens (tertiary/aromatic N) is 1. The van der Waals surface area contributed by atoms with Gasteiger partial charge in [-0.15, -0.1) is 0 Å². The second-order valence-corrected chi connectivity index (χ2v) is 7.21. The summed E-state index contributed by atoms with van der Waals surface area (Å²) in [6.45, 7) is 3.53. The summed E-state index contributed by atoms with van der Waals surface area (Å²) in [6, 6.07) is 20.7. The summed E-state index contributed by atoms with van der Waals surface area (Å²) < 4.78 is 10.9. The van der Waals surface area contributed by atoms with Gasteiger partial charge in [-0.25, -0.2) is 10.2 Å². The number of nitrogens with one attached hydrogen (secondary N) is 1. The van der Waals surface area contributed by atoms with Crippen molar-refractivity contribution in [3.05, 3.63) is 94.5 Å². The maximum Gasteiger partial charge on any atom is 0.343 e. The van der Waals surface area contributed by atoms with E-state index in [4.69, 9.17) is 21.1 Å². The number of aryl methyl sites for hydroxylation is 1. The van der Waals surface area contributed by atoms with Gasteiger partial charge in [0.2, 0.25) is 0 Å². The minimum atomic E-state index is -0.735. The van der Waals surface area contributed by atoms with E-state index < -0.39 is 18.0 Å². The van der Waals surface area contributed by atoms with Gasteiger partial charge < -0.3 is 9.47 Å². The standard InChI is InChI=1S/C24H21ClN2O4/c1-16-4-3-5-19(14-16)24(29)31-22-10-6-18(7-11-22)15-26-27-23(28)17(2)30-21-12-8-20(25)9-13-21/h3-15,17H,1-2H3,(H,27,28)/b26-15+. The highest BCUT2D eigenvalue weighted by atomic mass is 35.5. The lowest BCUT2D eigenvalue weighted by molar-refractivity contribution is -0.127. The molecule has 1 N–H and O–H groups in total. The van der Waals surface area contributed by atoms with Crippen LogP contribution in [0, 0.1) is 6.92 Å². The van der Waals surface area contributed by atoms with E-state index in [0.29, 0.717) is 22.1 Å². The predicted octanol–water partition coefficient (Wildman–Crippen LogP) is 4.79. The summed E-state index contributed by atoms with van der Waals surface area (Å²) in [7, 11) is 0. The Bertz CT molecular complexity index is 1080. The van der Waals surface area contributed by atoms with Gasteiger partial charge >= 0.3 is 5.97 Å². The first-order chi connectivity index (χ1) is 14.9. The lowest BCUT2D eigenvalue weighted by Crippen LogP contribution is -2.33. The number of rotatable bonds is 7. The van der Waals surface area contributed by atoms with Gasteiger partial charge in [-0.05, 0) is 80.1 Å². The van der Waals surface area contributed by atoms with Crippen LogP contribution in [0.15, 0.2) is 77.9 Å². The molecule has 0 aliphatic heterocycles. The van der Waals surface area contributed by atoms with Gasteiger partial charge in [-0.3, -0.25) is 4.79 Å². The van der Waals surface area contributed by atoms with Gasteiger partial charge in [0.15, 0.2) is 6.10 Å². The van der Waals surface area contributed by atoms with Crippen LogP contribution in [0.2, 0.25) is 5.02 Å². The molecule has 6 nitrogen and oxygen atoms in total. The number of hydrazone groups is 1. The minimum absolute atomic E-state index is 0.394. The molecule has 31 heavy (non-hydrogen) atoms. The Morgan fingerprint density at radius 1 is 1.00 bits per heavy atom. The fraction of sp³-hybridized carbons (Fsp3) is 0.125. The van der Waals surface area contributed by atoms with Gasteiger partial charge in [0.05, 0.1) is 11.8 Å². The molecule has 1 unspecified atom stereocenters. The first kappa shape index (κ1) is 22.1. The van der Waals surface area contributed by atoms with Crippen LogP contribution in [0.4, 0.5) is 0 Å². The number of ether oxygens (including phenoxy) is 2. The van der Waals surface area contributed by atoms with Crippen molar-refractivity contribution in [3.8, 4) is 11.5 Å². The van der Waals surface area contributed by atoms with E-state index >= 15 is 0 Å². The van der Waals surface area contributed by atoms with Crippen molar-refractivity contribution in [1.82, 2.24) is 5.43 Å². The zero-order valence-corrected chi connectivity index (χ0v) is 17.8. The highest BCUT2D eigenvalue weighted by molar-refractivity contribution is 6.30. The van der Waals surface area contributed by atoms with Crippen LogP contribution in [-0.4, -0.2) is 24.2 Å². The molecule has 1 amide bonds. The molecule has 3 aromatic rings. The van der Waals surface area contributed by atoms with Crippen molar-refractivity contribution >= 4 is 29.7 Å². The maximum absolute atomic E-state index is 12.2. The van der Waals surface area contributed by atoms with Gasteiger partial charge in [0.25, 0.3) is 5.91 Å². The molecule has 0 saturated heterocycles. The third kappa shape index (κ3) is 6.69. The number of benzene rings is 3. The fourth-order valence-electron chi connectivity index (χ4n) is 2.59. The Balaban J connectivity index is 1.50. The third-order valence-corrected chi connectivity index (χ3v) is 4.48. The van der Waals surface area contributed by atoms with Gasteiger partial charge in [0.1, 0.15) is 11.5 Å². The molecule has 0 spiro atoms. The largest absolute Gasteiger partial charge is 0.481 e. The lowest BCUT2D eigenvalue weighted by Gasteiger charge is -2.12. The van der Waals surface area contributed by atoms with Gasteiger partial charge in [0, 0.05) is 5.02 Å². The van der Waals surface area contributed by atoms with Crippen molar-refractivity contribution in [2.24, 2.45) is 5.10 Å². The van der Waals surface area contributed by atoms with E-state index in [1.54, 1.807) is 73.7 Å². The molecule has 0 aliphatic rings. The lowest BCUT2D eigenvalue weighted by atomic mass is 10.1. The first-order valence-corrected chi connectivity index (χ1v) is 9.92. The normalized spacial score (nSPS) is 11.7. The van der Waals surface area contributed by atoms with Crippen LogP contribution in [-0.2, 0) is 4.79 Å². The van der Waals surface area contributed by atoms with Gasteiger partial charge in [-0.2, -0.15) is 5.10 Å². The Morgan fingerprint density at radius 3 is 2.35 bits per heavy atom.